The van der Waals surface area contributed by atoms with Crippen LogP contribution in [0.15, 0.2) is 58.5 Å². The first-order valence-electron chi connectivity index (χ1n) is 11.1. The van der Waals surface area contributed by atoms with E-state index in [-0.39, 0.29) is 30.2 Å². The molecule has 0 aliphatic carbocycles. The van der Waals surface area contributed by atoms with Gasteiger partial charge in [-0.1, -0.05) is 11.6 Å². The fourth-order valence-electron chi connectivity index (χ4n) is 4.04. The zero-order valence-corrected chi connectivity index (χ0v) is 20.5. The van der Waals surface area contributed by atoms with Gasteiger partial charge in [-0.3, -0.25) is 9.59 Å². The number of rotatable bonds is 10. The molecule has 0 saturated carbocycles. The number of thiophene rings is 1. The molecule has 1 aliphatic rings. The molecule has 0 N–H and O–H groups in total. The van der Waals surface area contributed by atoms with Crippen LogP contribution in [0.1, 0.15) is 33.5 Å². The van der Waals surface area contributed by atoms with E-state index in [1.165, 1.54) is 16.0 Å². The van der Waals surface area contributed by atoms with Crippen LogP contribution >= 0.6 is 22.9 Å². The van der Waals surface area contributed by atoms with E-state index in [1.54, 1.807) is 42.7 Å². The summed E-state index contributed by atoms with van der Waals surface area (Å²) in [6.07, 6.45) is 2.86. The average Bonchev–Trinajstić information content (AvgIpc) is 3.55. The van der Waals surface area contributed by atoms with Gasteiger partial charge in [0.1, 0.15) is 18.9 Å². The van der Waals surface area contributed by atoms with Gasteiger partial charge in [-0.25, -0.2) is 0 Å². The molecular formula is C25H27ClN2O5S. The molecule has 0 fully saturated rings. The van der Waals surface area contributed by atoms with Crippen molar-refractivity contribution in [2.75, 3.05) is 40.0 Å². The number of halogens is 1. The van der Waals surface area contributed by atoms with E-state index in [2.05, 4.69) is 6.07 Å². The van der Waals surface area contributed by atoms with Crippen molar-refractivity contribution >= 4 is 34.8 Å². The van der Waals surface area contributed by atoms with Crippen molar-refractivity contribution in [2.24, 2.45) is 0 Å². The molecule has 0 spiro atoms. The monoisotopic (exact) mass is 502 g/mol. The Bertz CT molecular complexity index is 1080. The van der Waals surface area contributed by atoms with Crippen molar-refractivity contribution < 1.29 is 23.5 Å². The molecule has 1 aliphatic heterocycles. The minimum Gasteiger partial charge on any atom is -0.491 e. The second-order valence-electron chi connectivity index (χ2n) is 7.97. The van der Waals surface area contributed by atoms with E-state index >= 15 is 0 Å². The van der Waals surface area contributed by atoms with Crippen molar-refractivity contribution in [3.8, 4) is 5.75 Å². The van der Waals surface area contributed by atoms with Gasteiger partial charge in [-0.05, 0) is 66.2 Å². The van der Waals surface area contributed by atoms with Crippen molar-refractivity contribution in [2.45, 2.75) is 18.9 Å². The van der Waals surface area contributed by atoms with E-state index < -0.39 is 0 Å². The van der Waals surface area contributed by atoms with Crippen molar-refractivity contribution in [1.82, 2.24) is 9.80 Å². The van der Waals surface area contributed by atoms with E-state index in [9.17, 15) is 9.59 Å². The molecule has 1 aromatic carbocycles. The third kappa shape index (κ3) is 5.81. The molecule has 0 bridgehead atoms. The normalized spacial score (nSPS) is 15.1. The highest BCUT2D eigenvalue weighted by Crippen LogP contribution is 2.34. The zero-order chi connectivity index (χ0) is 23.9. The highest BCUT2D eigenvalue weighted by molar-refractivity contribution is 7.10. The Kier molecular flexibility index (Phi) is 8.26. The largest absolute Gasteiger partial charge is 0.491 e. The molecule has 3 heterocycles. The molecular weight excluding hydrogens is 476 g/mol. The first kappa shape index (κ1) is 24.3. The number of carbonyl (C=O) groups is 2. The molecule has 2 amide bonds. The van der Waals surface area contributed by atoms with Crippen LogP contribution in [0.2, 0.25) is 5.02 Å². The Morgan fingerprint density at radius 2 is 2.06 bits per heavy atom. The third-order valence-corrected chi connectivity index (χ3v) is 7.01. The second-order valence-corrected chi connectivity index (χ2v) is 9.40. The SMILES string of the molecule is COCCCN(CC(=O)N1CCc2sccc2C1COc1ccc(Cl)cc1)C(=O)c1ccco1. The van der Waals surface area contributed by atoms with Gasteiger partial charge < -0.3 is 23.7 Å². The molecule has 7 nitrogen and oxygen atoms in total. The molecule has 4 rings (SSSR count). The van der Waals surface area contributed by atoms with Crippen LogP contribution in [0.4, 0.5) is 0 Å². The number of fused-ring (bicyclic) bond motifs is 1. The van der Waals surface area contributed by atoms with Gasteiger partial charge in [0, 0.05) is 36.7 Å². The average molecular weight is 503 g/mol. The number of ether oxygens (including phenoxy) is 2. The Morgan fingerprint density at radius 1 is 1.24 bits per heavy atom. The highest BCUT2D eigenvalue weighted by atomic mass is 35.5. The molecule has 0 radical (unpaired) electrons. The topological polar surface area (TPSA) is 72.2 Å². The van der Waals surface area contributed by atoms with Crippen LogP contribution in [0.25, 0.3) is 0 Å². The van der Waals surface area contributed by atoms with Gasteiger partial charge in [0.25, 0.3) is 5.91 Å². The first-order valence-corrected chi connectivity index (χ1v) is 12.4. The minimum absolute atomic E-state index is 0.0415. The van der Waals surface area contributed by atoms with E-state index in [1.807, 2.05) is 22.4 Å². The number of furan rings is 1. The lowest BCUT2D eigenvalue weighted by atomic mass is 10.0. The number of hydrogen-bond acceptors (Lipinski definition) is 6. The quantitative estimate of drug-likeness (QED) is 0.376. The summed E-state index contributed by atoms with van der Waals surface area (Å²) in [7, 11) is 1.61. The van der Waals surface area contributed by atoms with Crippen LogP contribution in [-0.2, 0) is 16.0 Å². The number of benzene rings is 1. The fraction of sp³-hybridized carbons (Fsp3) is 0.360. The predicted octanol–water partition coefficient (Wildman–Crippen LogP) is 4.68. The standard InChI is InChI=1S/C25H27ClN2O5S/c1-31-13-3-11-27(25(30)22-4-2-14-32-22)16-24(29)28-12-9-23-20(10-15-34-23)21(28)17-33-19-7-5-18(26)6-8-19/h2,4-8,10,14-15,21H,3,9,11-13,16-17H2,1H3. The van der Waals surface area contributed by atoms with Crippen LogP contribution in [0.3, 0.4) is 0 Å². The lowest BCUT2D eigenvalue weighted by Crippen LogP contribution is -2.48. The molecule has 3 aromatic rings. The number of hydrogen-bond donors (Lipinski definition) is 0. The molecule has 2 aromatic heterocycles. The van der Waals surface area contributed by atoms with E-state index in [4.69, 9.17) is 25.5 Å². The Hall–Kier alpha value is -2.81. The minimum atomic E-state index is -0.309. The summed E-state index contributed by atoms with van der Waals surface area (Å²) >= 11 is 7.68. The van der Waals surface area contributed by atoms with Gasteiger partial charge >= 0.3 is 0 Å². The van der Waals surface area contributed by atoms with Crippen molar-refractivity contribution in [1.29, 1.82) is 0 Å². The Labute approximate surface area is 207 Å². The highest BCUT2D eigenvalue weighted by Gasteiger charge is 2.34. The lowest BCUT2D eigenvalue weighted by Gasteiger charge is -2.37. The molecule has 0 saturated heterocycles. The summed E-state index contributed by atoms with van der Waals surface area (Å²) in [4.78, 5) is 31.1. The van der Waals surface area contributed by atoms with E-state index in [0.717, 1.165) is 12.0 Å². The summed E-state index contributed by atoms with van der Waals surface area (Å²) in [5.41, 5.74) is 1.10. The van der Waals surface area contributed by atoms with Crippen LogP contribution < -0.4 is 4.74 Å². The summed E-state index contributed by atoms with van der Waals surface area (Å²) in [6.45, 7) is 1.73. The Balaban J connectivity index is 1.50. The molecule has 9 heteroatoms. The summed E-state index contributed by atoms with van der Waals surface area (Å²) in [6, 6.07) is 12.3. The van der Waals surface area contributed by atoms with Crippen LogP contribution in [-0.4, -0.2) is 61.6 Å². The smallest absolute Gasteiger partial charge is 0.290 e. The van der Waals surface area contributed by atoms with Gasteiger partial charge in [-0.15, -0.1) is 11.3 Å². The second kappa shape index (κ2) is 11.6. The molecule has 1 atom stereocenters. The van der Waals surface area contributed by atoms with Gasteiger partial charge in [-0.2, -0.15) is 0 Å². The number of methoxy groups -OCH3 is 1. The fourth-order valence-corrected chi connectivity index (χ4v) is 5.10. The Morgan fingerprint density at radius 3 is 2.79 bits per heavy atom. The third-order valence-electron chi connectivity index (χ3n) is 5.76. The molecule has 34 heavy (non-hydrogen) atoms. The number of amides is 2. The maximum atomic E-state index is 13.5. The summed E-state index contributed by atoms with van der Waals surface area (Å²) in [5, 5.41) is 2.68. The van der Waals surface area contributed by atoms with E-state index in [0.29, 0.717) is 43.5 Å². The van der Waals surface area contributed by atoms with Crippen LogP contribution in [0.5, 0.6) is 5.75 Å². The molecule has 1 unspecified atom stereocenters. The van der Waals surface area contributed by atoms with Gasteiger partial charge in [0.15, 0.2) is 5.76 Å². The van der Waals surface area contributed by atoms with Gasteiger partial charge in [0.05, 0.1) is 12.3 Å². The van der Waals surface area contributed by atoms with Crippen LogP contribution in [0, 0.1) is 0 Å². The first-order chi connectivity index (χ1) is 16.6. The maximum absolute atomic E-state index is 13.5. The van der Waals surface area contributed by atoms with Crippen molar-refractivity contribution in [3.05, 3.63) is 75.3 Å². The summed E-state index contributed by atoms with van der Waals surface area (Å²) in [5.74, 6) is 0.468. The molecule has 180 valence electrons. The lowest BCUT2D eigenvalue weighted by molar-refractivity contribution is -0.135. The number of carbonyl (C=O) groups excluding carboxylic acids is 2. The zero-order valence-electron chi connectivity index (χ0n) is 18.9. The number of nitrogens with zero attached hydrogens (tertiary/aromatic N) is 2. The predicted molar refractivity (Wildman–Crippen MR) is 131 cm³/mol. The van der Waals surface area contributed by atoms with Crippen molar-refractivity contribution in [3.63, 3.8) is 0 Å². The summed E-state index contributed by atoms with van der Waals surface area (Å²) < 4.78 is 16.5. The van der Waals surface area contributed by atoms with Gasteiger partial charge in [0.2, 0.25) is 5.91 Å². The maximum Gasteiger partial charge on any atom is 0.290 e.